The summed E-state index contributed by atoms with van der Waals surface area (Å²) in [6.07, 6.45) is 9.22. The van der Waals surface area contributed by atoms with Crippen molar-refractivity contribution in [2.45, 2.75) is 64.8 Å². The summed E-state index contributed by atoms with van der Waals surface area (Å²) in [5.41, 5.74) is 0. The molecule has 1 saturated carbocycles. The van der Waals surface area contributed by atoms with Gasteiger partial charge in [0, 0.05) is 5.92 Å². The van der Waals surface area contributed by atoms with Gasteiger partial charge in [-0.2, -0.15) is 0 Å². The summed E-state index contributed by atoms with van der Waals surface area (Å²) < 4.78 is 0. The average Bonchev–Trinajstić information content (AvgIpc) is 2.30. The lowest BCUT2D eigenvalue weighted by atomic mass is 9.84. The van der Waals surface area contributed by atoms with Gasteiger partial charge in [-0.15, -0.1) is 0 Å². The van der Waals surface area contributed by atoms with Crippen molar-refractivity contribution in [3.05, 3.63) is 0 Å². The van der Waals surface area contributed by atoms with E-state index in [-0.39, 0.29) is 12.0 Å². The molecule has 0 amide bonds. The highest BCUT2D eigenvalue weighted by molar-refractivity contribution is 5.85. The Morgan fingerprint density at radius 3 is 2.38 bits per heavy atom. The van der Waals surface area contributed by atoms with E-state index in [1.54, 1.807) is 0 Å². The molecule has 0 aromatic heterocycles. The molecule has 0 aromatic carbocycles. The van der Waals surface area contributed by atoms with Gasteiger partial charge in [0.1, 0.15) is 0 Å². The number of carbonyl (C=O) groups excluding carboxylic acids is 1. The van der Waals surface area contributed by atoms with Crippen LogP contribution in [0.25, 0.3) is 0 Å². The van der Waals surface area contributed by atoms with Crippen LogP contribution in [-0.4, -0.2) is 18.9 Å². The first-order valence-electron chi connectivity index (χ1n) is 6.86. The smallest absolute Gasteiger partial charge is 0.152 e. The summed E-state index contributed by atoms with van der Waals surface area (Å²) in [4.78, 5) is 11.9. The third-order valence-corrected chi connectivity index (χ3v) is 3.85. The molecule has 1 aliphatic carbocycles. The van der Waals surface area contributed by atoms with Crippen molar-refractivity contribution in [3.63, 3.8) is 0 Å². The number of Topliss-reactive ketones (excluding diaryl/α,β-unsaturated/α-hetero) is 1. The van der Waals surface area contributed by atoms with Crippen molar-refractivity contribution >= 4 is 5.78 Å². The van der Waals surface area contributed by atoms with Gasteiger partial charge < -0.3 is 5.32 Å². The molecule has 0 bridgehead atoms. The Hall–Kier alpha value is -0.370. The fourth-order valence-corrected chi connectivity index (χ4v) is 2.71. The van der Waals surface area contributed by atoms with E-state index >= 15 is 0 Å². The summed E-state index contributed by atoms with van der Waals surface area (Å²) in [6, 6.07) is 0.0851. The molecule has 1 fully saturated rings. The molecular weight excluding hydrogens is 198 g/mol. The van der Waals surface area contributed by atoms with E-state index in [1.165, 1.54) is 38.5 Å². The SMILES string of the molecule is CNC(CCC1CCCCC1)C(=O)C(C)C. The standard InChI is InChI=1S/C14H27NO/c1-11(2)14(16)13(15-3)10-9-12-7-5-4-6-8-12/h11-13,15H,4-10H2,1-3H3. The number of ketones is 1. The summed E-state index contributed by atoms with van der Waals surface area (Å²) in [6.45, 7) is 3.99. The molecule has 0 aromatic rings. The molecule has 16 heavy (non-hydrogen) atoms. The third-order valence-electron chi connectivity index (χ3n) is 3.85. The van der Waals surface area contributed by atoms with Gasteiger partial charge in [0.15, 0.2) is 5.78 Å². The molecule has 1 aliphatic rings. The van der Waals surface area contributed by atoms with Gasteiger partial charge in [-0.25, -0.2) is 0 Å². The number of likely N-dealkylation sites (N-methyl/N-ethyl adjacent to an activating group) is 1. The van der Waals surface area contributed by atoms with E-state index in [0.717, 1.165) is 12.3 Å². The Kier molecular flexibility index (Phi) is 6.04. The van der Waals surface area contributed by atoms with E-state index in [0.29, 0.717) is 5.78 Å². The maximum Gasteiger partial charge on any atom is 0.152 e. The minimum atomic E-state index is 0.0851. The van der Waals surface area contributed by atoms with Crippen molar-refractivity contribution < 1.29 is 4.79 Å². The zero-order chi connectivity index (χ0) is 12.0. The maximum atomic E-state index is 11.9. The predicted octanol–water partition coefficient (Wildman–Crippen LogP) is 3.16. The highest BCUT2D eigenvalue weighted by atomic mass is 16.1. The monoisotopic (exact) mass is 225 g/mol. The van der Waals surface area contributed by atoms with Crippen LogP contribution in [0.5, 0.6) is 0 Å². The van der Waals surface area contributed by atoms with E-state index in [2.05, 4.69) is 5.32 Å². The van der Waals surface area contributed by atoms with Gasteiger partial charge in [-0.3, -0.25) is 4.79 Å². The van der Waals surface area contributed by atoms with Crippen LogP contribution in [0, 0.1) is 11.8 Å². The number of nitrogens with one attached hydrogen (secondary N) is 1. The predicted molar refractivity (Wildman–Crippen MR) is 68.5 cm³/mol. The Bertz CT molecular complexity index is 207. The quantitative estimate of drug-likeness (QED) is 0.752. The maximum absolute atomic E-state index is 11.9. The first-order valence-corrected chi connectivity index (χ1v) is 6.86. The minimum Gasteiger partial charge on any atom is -0.311 e. The first kappa shape index (κ1) is 13.7. The Labute approximate surface area is 100 Å². The second kappa shape index (κ2) is 7.05. The molecule has 2 heteroatoms. The normalized spacial score (nSPS) is 20.0. The Balaban J connectivity index is 2.30. The highest BCUT2D eigenvalue weighted by Crippen LogP contribution is 2.27. The van der Waals surface area contributed by atoms with E-state index < -0.39 is 0 Å². The minimum absolute atomic E-state index is 0.0851. The van der Waals surface area contributed by atoms with Crippen LogP contribution in [-0.2, 0) is 4.79 Å². The Morgan fingerprint density at radius 1 is 1.25 bits per heavy atom. The molecule has 94 valence electrons. The number of rotatable bonds is 6. The van der Waals surface area contributed by atoms with Crippen molar-refractivity contribution in [2.24, 2.45) is 11.8 Å². The second-order valence-corrected chi connectivity index (χ2v) is 5.48. The molecule has 0 saturated heterocycles. The van der Waals surface area contributed by atoms with Gasteiger partial charge in [0.2, 0.25) is 0 Å². The van der Waals surface area contributed by atoms with Crippen LogP contribution >= 0.6 is 0 Å². The van der Waals surface area contributed by atoms with E-state index in [4.69, 9.17) is 0 Å². The average molecular weight is 225 g/mol. The van der Waals surface area contributed by atoms with Gasteiger partial charge in [0.05, 0.1) is 6.04 Å². The van der Waals surface area contributed by atoms with Crippen LogP contribution in [0.2, 0.25) is 0 Å². The lowest BCUT2D eigenvalue weighted by Gasteiger charge is -2.24. The molecule has 1 atom stereocenters. The molecule has 1 unspecified atom stereocenters. The molecule has 1 N–H and O–H groups in total. The van der Waals surface area contributed by atoms with Crippen LogP contribution in [0.15, 0.2) is 0 Å². The fourth-order valence-electron chi connectivity index (χ4n) is 2.71. The summed E-state index contributed by atoms with van der Waals surface area (Å²) in [5, 5.41) is 3.17. The summed E-state index contributed by atoms with van der Waals surface area (Å²) in [5.74, 6) is 1.41. The molecule has 0 aliphatic heterocycles. The van der Waals surface area contributed by atoms with Crippen molar-refractivity contribution in [3.8, 4) is 0 Å². The molecule has 2 nitrogen and oxygen atoms in total. The summed E-state index contributed by atoms with van der Waals surface area (Å²) in [7, 11) is 1.91. The van der Waals surface area contributed by atoms with E-state index in [1.807, 2.05) is 20.9 Å². The number of hydrogen-bond donors (Lipinski definition) is 1. The zero-order valence-corrected chi connectivity index (χ0v) is 11.1. The van der Waals surface area contributed by atoms with Crippen LogP contribution in [0.4, 0.5) is 0 Å². The fraction of sp³-hybridized carbons (Fsp3) is 0.929. The molecule has 1 rings (SSSR count). The molecule has 0 heterocycles. The second-order valence-electron chi connectivity index (χ2n) is 5.48. The molecule has 0 radical (unpaired) electrons. The largest absolute Gasteiger partial charge is 0.311 e. The number of carbonyl (C=O) groups is 1. The lowest BCUT2D eigenvalue weighted by molar-refractivity contribution is -0.124. The highest BCUT2D eigenvalue weighted by Gasteiger charge is 2.21. The lowest BCUT2D eigenvalue weighted by Crippen LogP contribution is -2.37. The van der Waals surface area contributed by atoms with Crippen LogP contribution in [0.3, 0.4) is 0 Å². The third kappa shape index (κ3) is 4.25. The zero-order valence-electron chi connectivity index (χ0n) is 11.1. The van der Waals surface area contributed by atoms with Gasteiger partial charge in [-0.1, -0.05) is 46.0 Å². The first-order chi connectivity index (χ1) is 7.65. The van der Waals surface area contributed by atoms with Gasteiger partial charge >= 0.3 is 0 Å². The van der Waals surface area contributed by atoms with E-state index in [9.17, 15) is 4.79 Å². The van der Waals surface area contributed by atoms with Crippen LogP contribution in [0.1, 0.15) is 58.8 Å². The van der Waals surface area contributed by atoms with Crippen molar-refractivity contribution in [2.75, 3.05) is 7.05 Å². The number of hydrogen-bond acceptors (Lipinski definition) is 2. The Morgan fingerprint density at radius 2 is 1.88 bits per heavy atom. The van der Waals surface area contributed by atoms with Crippen molar-refractivity contribution in [1.29, 1.82) is 0 Å². The molecule has 0 spiro atoms. The summed E-state index contributed by atoms with van der Waals surface area (Å²) >= 11 is 0. The van der Waals surface area contributed by atoms with Crippen molar-refractivity contribution in [1.82, 2.24) is 5.32 Å². The van der Waals surface area contributed by atoms with Gasteiger partial charge in [0.25, 0.3) is 0 Å². The van der Waals surface area contributed by atoms with Gasteiger partial charge in [-0.05, 0) is 25.8 Å². The topological polar surface area (TPSA) is 29.1 Å². The van der Waals surface area contributed by atoms with Crippen LogP contribution < -0.4 is 5.32 Å². The molecular formula is C14H27NO.